The summed E-state index contributed by atoms with van der Waals surface area (Å²) in [6.45, 7) is 3.98. The summed E-state index contributed by atoms with van der Waals surface area (Å²) in [5, 5.41) is 8.43. The summed E-state index contributed by atoms with van der Waals surface area (Å²) in [7, 11) is 0. The van der Waals surface area contributed by atoms with Crippen LogP contribution in [0.4, 0.5) is 5.95 Å². The van der Waals surface area contributed by atoms with Crippen LogP contribution in [0.5, 0.6) is 0 Å². The number of nitrogens with zero attached hydrogens (tertiary/aromatic N) is 4. The highest BCUT2D eigenvalue weighted by Gasteiger charge is 2.33. The number of allylic oxidation sites excluding steroid dienone is 1. The summed E-state index contributed by atoms with van der Waals surface area (Å²) in [5.41, 5.74) is 7.72. The number of primary amides is 1. The number of aromatic nitrogens is 4. The first-order valence-corrected chi connectivity index (χ1v) is 8.87. The maximum absolute atomic E-state index is 12.0. The van der Waals surface area contributed by atoms with Crippen molar-refractivity contribution in [1.29, 1.82) is 0 Å². The molecule has 0 radical (unpaired) electrons. The van der Waals surface area contributed by atoms with Gasteiger partial charge in [-0.05, 0) is 31.0 Å². The molecule has 0 aromatic carbocycles. The molecule has 0 saturated heterocycles. The molecule has 1 aliphatic heterocycles. The van der Waals surface area contributed by atoms with Gasteiger partial charge in [0.25, 0.3) is 0 Å². The monoisotopic (exact) mass is 344 g/mol. The van der Waals surface area contributed by atoms with Crippen molar-refractivity contribution < 1.29 is 4.79 Å². The average molecular weight is 344 g/mol. The van der Waals surface area contributed by atoms with Crippen molar-refractivity contribution >= 4 is 23.6 Å². The van der Waals surface area contributed by atoms with Gasteiger partial charge in [0.2, 0.25) is 17.0 Å². The predicted molar refractivity (Wildman–Crippen MR) is 93.5 cm³/mol. The quantitative estimate of drug-likeness (QED) is 0.616. The van der Waals surface area contributed by atoms with Crippen molar-refractivity contribution in [3.63, 3.8) is 0 Å². The number of pyridine rings is 1. The summed E-state index contributed by atoms with van der Waals surface area (Å²) >= 11 is 1.62. The molecule has 3 rings (SSSR count). The van der Waals surface area contributed by atoms with Gasteiger partial charge in [-0.2, -0.15) is 4.98 Å². The summed E-state index contributed by atoms with van der Waals surface area (Å²) < 4.78 is 1.73. The maximum atomic E-state index is 12.0. The molecule has 2 aromatic heterocycles. The third kappa shape index (κ3) is 3.14. The average Bonchev–Trinajstić information content (AvgIpc) is 2.96. The fourth-order valence-electron chi connectivity index (χ4n) is 2.67. The molecular formula is C16H20N6OS. The molecule has 0 aliphatic carbocycles. The molecule has 3 heterocycles. The standard InChI is InChI=1S/C16H20N6OS/c1-3-4-9-24-16-20-15-19-10(2)12(14(17)23)13(22(15)21-16)11-5-7-18-8-6-11/h5-8,13H,3-4,9H2,1-2H3,(H2,17,23)(H,19,20,21)/t13-/m1/s1. The third-order valence-corrected chi connectivity index (χ3v) is 4.77. The second kappa shape index (κ2) is 7.04. The van der Waals surface area contributed by atoms with Gasteiger partial charge in [0.1, 0.15) is 6.04 Å². The van der Waals surface area contributed by atoms with Gasteiger partial charge in [0, 0.05) is 23.8 Å². The van der Waals surface area contributed by atoms with Crippen molar-refractivity contribution in [2.45, 2.75) is 37.9 Å². The van der Waals surface area contributed by atoms with E-state index in [2.05, 4.69) is 27.3 Å². The molecule has 2 aromatic rings. The van der Waals surface area contributed by atoms with E-state index in [4.69, 9.17) is 5.73 Å². The largest absolute Gasteiger partial charge is 0.366 e. The smallest absolute Gasteiger partial charge is 0.248 e. The van der Waals surface area contributed by atoms with Crippen LogP contribution in [0.1, 0.15) is 38.3 Å². The second-order valence-corrected chi connectivity index (χ2v) is 6.64. The lowest BCUT2D eigenvalue weighted by Crippen LogP contribution is -2.31. The third-order valence-electron chi connectivity index (χ3n) is 3.85. The summed E-state index contributed by atoms with van der Waals surface area (Å²) in [5.74, 6) is 1.12. The van der Waals surface area contributed by atoms with Gasteiger partial charge < -0.3 is 11.1 Å². The Balaban J connectivity index is 2.02. The van der Waals surface area contributed by atoms with E-state index in [1.165, 1.54) is 0 Å². The van der Waals surface area contributed by atoms with Crippen molar-refractivity contribution in [2.75, 3.05) is 11.1 Å². The topological polar surface area (TPSA) is 98.7 Å². The normalized spacial score (nSPS) is 16.7. The molecule has 1 amide bonds. The molecule has 126 valence electrons. The van der Waals surface area contributed by atoms with Crippen LogP contribution in [-0.2, 0) is 4.79 Å². The Kier molecular flexibility index (Phi) is 4.84. The molecule has 1 aliphatic rings. The highest BCUT2D eigenvalue weighted by atomic mass is 32.2. The maximum Gasteiger partial charge on any atom is 0.248 e. The highest BCUT2D eigenvalue weighted by molar-refractivity contribution is 7.99. The molecule has 7 nitrogen and oxygen atoms in total. The van der Waals surface area contributed by atoms with Crippen LogP contribution < -0.4 is 11.1 Å². The first-order valence-electron chi connectivity index (χ1n) is 7.88. The Morgan fingerprint density at radius 3 is 2.83 bits per heavy atom. The Hall–Kier alpha value is -2.35. The van der Waals surface area contributed by atoms with E-state index in [1.54, 1.807) is 28.8 Å². The minimum Gasteiger partial charge on any atom is -0.366 e. The number of carbonyl (C=O) groups is 1. The van der Waals surface area contributed by atoms with Crippen LogP contribution >= 0.6 is 11.8 Å². The SMILES string of the molecule is CCCCSc1nc2n(n1)[C@H](c1ccncc1)C(C(N)=O)=C(C)N2. The van der Waals surface area contributed by atoms with Gasteiger partial charge in [-0.3, -0.25) is 9.78 Å². The Labute approximate surface area is 144 Å². The first-order chi connectivity index (χ1) is 11.6. The van der Waals surface area contributed by atoms with Crippen LogP contribution in [0.2, 0.25) is 0 Å². The van der Waals surface area contributed by atoms with Crippen LogP contribution in [-0.4, -0.2) is 31.4 Å². The number of hydrogen-bond donors (Lipinski definition) is 2. The lowest BCUT2D eigenvalue weighted by atomic mass is 9.96. The number of nitrogens with one attached hydrogen (secondary N) is 1. The zero-order valence-electron chi connectivity index (χ0n) is 13.7. The van der Waals surface area contributed by atoms with Gasteiger partial charge in [-0.25, -0.2) is 4.68 Å². The van der Waals surface area contributed by atoms with E-state index in [1.807, 2.05) is 19.1 Å². The van der Waals surface area contributed by atoms with Gasteiger partial charge in [0.05, 0.1) is 5.57 Å². The van der Waals surface area contributed by atoms with Gasteiger partial charge in [0.15, 0.2) is 0 Å². The number of rotatable bonds is 6. The van der Waals surface area contributed by atoms with E-state index < -0.39 is 11.9 Å². The minimum atomic E-state index is -0.469. The number of nitrogens with two attached hydrogens (primary N) is 1. The number of hydrogen-bond acceptors (Lipinski definition) is 6. The van der Waals surface area contributed by atoms with E-state index >= 15 is 0 Å². The van der Waals surface area contributed by atoms with E-state index in [-0.39, 0.29) is 0 Å². The number of carbonyl (C=O) groups excluding carboxylic acids is 1. The highest BCUT2D eigenvalue weighted by Crippen LogP contribution is 2.35. The lowest BCUT2D eigenvalue weighted by molar-refractivity contribution is -0.115. The van der Waals surface area contributed by atoms with Crippen LogP contribution in [0.3, 0.4) is 0 Å². The van der Waals surface area contributed by atoms with Crippen molar-refractivity contribution in [3.8, 4) is 0 Å². The zero-order valence-corrected chi connectivity index (χ0v) is 14.5. The summed E-state index contributed by atoms with van der Waals surface area (Å²) in [4.78, 5) is 20.6. The molecule has 0 bridgehead atoms. The Bertz CT molecular complexity index is 770. The van der Waals surface area contributed by atoms with Crippen LogP contribution in [0.15, 0.2) is 41.0 Å². The lowest BCUT2D eigenvalue weighted by Gasteiger charge is -2.27. The molecule has 1 atom stereocenters. The summed E-state index contributed by atoms with van der Waals surface area (Å²) in [6, 6.07) is 3.33. The Morgan fingerprint density at radius 1 is 1.42 bits per heavy atom. The minimum absolute atomic E-state index is 0.394. The van der Waals surface area contributed by atoms with Crippen molar-refractivity contribution in [1.82, 2.24) is 19.7 Å². The molecule has 3 N–H and O–H groups in total. The number of thioether (sulfide) groups is 1. The second-order valence-electron chi connectivity index (χ2n) is 5.58. The van der Waals surface area contributed by atoms with Crippen LogP contribution in [0, 0.1) is 0 Å². The number of amides is 1. The molecule has 0 unspecified atom stereocenters. The van der Waals surface area contributed by atoms with E-state index in [0.29, 0.717) is 22.4 Å². The van der Waals surface area contributed by atoms with Gasteiger partial charge in [-0.15, -0.1) is 5.10 Å². The number of unbranched alkanes of at least 4 members (excludes halogenated alkanes) is 1. The van der Waals surface area contributed by atoms with Crippen molar-refractivity contribution in [2.24, 2.45) is 5.73 Å². The van der Waals surface area contributed by atoms with Gasteiger partial charge in [-0.1, -0.05) is 25.1 Å². The van der Waals surface area contributed by atoms with Gasteiger partial charge >= 0.3 is 0 Å². The molecular weight excluding hydrogens is 324 g/mol. The predicted octanol–water partition coefficient (Wildman–Crippen LogP) is 2.34. The van der Waals surface area contributed by atoms with E-state index in [9.17, 15) is 4.79 Å². The first kappa shape index (κ1) is 16.5. The molecule has 8 heteroatoms. The summed E-state index contributed by atoms with van der Waals surface area (Å²) in [6.07, 6.45) is 5.63. The molecule has 0 spiro atoms. The number of fused-ring (bicyclic) bond motifs is 1. The molecule has 0 fully saturated rings. The zero-order chi connectivity index (χ0) is 17.1. The molecule has 0 saturated carbocycles. The van der Waals surface area contributed by atoms with E-state index in [0.717, 1.165) is 24.2 Å². The number of anilines is 1. The van der Waals surface area contributed by atoms with Crippen LogP contribution in [0.25, 0.3) is 0 Å². The van der Waals surface area contributed by atoms with Crippen molar-refractivity contribution in [3.05, 3.63) is 41.4 Å². The fraction of sp³-hybridized carbons (Fsp3) is 0.375. The molecule has 24 heavy (non-hydrogen) atoms. The Morgan fingerprint density at radius 2 is 2.17 bits per heavy atom. The fourth-order valence-corrected chi connectivity index (χ4v) is 3.59.